The lowest BCUT2D eigenvalue weighted by molar-refractivity contribution is -0.137. The molecule has 0 saturated carbocycles. The minimum atomic E-state index is -4.46. The highest BCUT2D eigenvalue weighted by Crippen LogP contribution is 2.34. The summed E-state index contributed by atoms with van der Waals surface area (Å²) < 4.78 is 43.5. The van der Waals surface area contributed by atoms with Gasteiger partial charge in [-0.05, 0) is 53.2 Å². The van der Waals surface area contributed by atoms with E-state index in [-0.39, 0.29) is 17.4 Å². The van der Waals surface area contributed by atoms with Crippen LogP contribution in [0.5, 0.6) is 0 Å². The van der Waals surface area contributed by atoms with Gasteiger partial charge in [0.25, 0.3) is 17.1 Å². The lowest BCUT2D eigenvalue weighted by Gasteiger charge is -2.34. The van der Waals surface area contributed by atoms with Crippen molar-refractivity contribution in [2.75, 3.05) is 46.4 Å². The van der Waals surface area contributed by atoms with Gasteiger partial charge in [-0.2, -0.15) is 13.2 Å². The summed E-state index contributed by atoms with van der Waals surface area (Å²) in [4.78, 5) is 43.6. The van der Waals surface area contributed by atoms with Gasteiger partial charge in [0.15, 0.2) is 0 Å². The van der Waals surface area contributed by atoms with Crippen LogP contribution in [0.2, 0.25) is 0 Å². The van der Waals surface area contributed by atoms with Crippen LogP contribution in [0.25, 0.3) is 6.08 Å². The lowest BCUT2D eigenvalue weighted by atomic mass is 10.1. The number of methoxy groups -OCH3 is 1. The predicted molar refractivity (Wildman–Crippen MR) is 134 cm³/mol. The van der Waals surface area contributed by atoms with Gasteiger partial charge in [0, 0.05) is 45.4 Å². The van der Waals surface area contributed by atoms with Crippen molar-refractivity contribution in [3.63, 3.8) is 0 Å². The standard InChI is InChI=1S/C26H26F3N3O4S/c1-36-14-13-30-9-11-31(12-10-30)23(33)20-4-2-3-19(15-20)16-22-24(34)32(25(35)37-22)17-18-5-7-21(8-6-18)26(27,28)29/h2-8,15-16H,9-14,17H2,1H3/b22-16-. The highest BCUT2D eigenvalue weighted by atomic mass is 32.2. The van der Waals surface area contributed by atoms with E-state index >= 15 is 0 Å². The fraction of sp³-hybridized carbons (Fsp3) is 0.346. The number of amides is 3. The average molecular weight is 534 g/mol. The Hall–Kier alpha value is -3.15. The third-order valence-corrected chi connectivity index (χ3v) is 7.11. The van der Waals surface area contributed by atoms with Gasteiger partial charge in [0.05, 0.1) is 23.6 Å². The summed E-state index contributed by atoms with van der Waals surface area (Å²) in [5.41, 5.74) is 0.701. The van der Waals surface area contributed by atoms with E-state index in [0.29, 0.717) is 36.4 Å². The van der Waals surface area contributed by atoms with E-state index in [9.17, 15) is 27.6 Å². The molecule has 2 heterocycles. The van der Waals surface area contributed by atoms with Crippen LogP contribution in [0.3, 0.4) is 0 Å². The molecule has 0 aliphatic carbocycles. The van der Waals surface area contributed by atoms with E-state index in [1.54, 1.807) is 42.4 Å². The molecule has 2 aliphatic heterocycles. The van der Waals surface area contributed by atoms with E-state index in [2.05, 4.69) is 4.90 Å². The number of rotatable bonds is 7. The number of hydrogen-bond donors (Lipinski definition) is 0. The van der Waals surface area contributed by atoms with Crippen LogP contribution in [0.4, 0.5) is 18.0 Å². The second-order valence-corrected chi connectivity index (χ2v) is 9.71. The van der Waals surface area contributed by atoms with Crippen molar-refractivity contribution < 1.29 is 32.3 Å². The van der Waals surface area contributed by atoms with Crippen molar-refractivity contribution in [2.45, 2.75) is 12.7 Å². The monoisotopic (exact) mass is 533 g/mol. The number of thioether (sulfide) groups is 1. The molecule has 2 aromatic rings. The molecule has 0 radical (unpaired) electrons. The van der Waals surface area contributed by atoms with Crippen LogP contribution in [0, 0.1) is 0 Å². The second kappa shape index (κ2) is 11.5. The van der Waals surface area contributed by atoms with Crippen LogP contribution < -0.4 is 0 Å². The minimum Gasteiger partial charge on any atom is -0.383 e. The zero-order valence-electron chi connectivity index (χ0n) is 20.2. The van der Waals surface area contributed by atoms with Crippen molar-refractivity contribution in [3.8, 4) is 0 Å². The maximum absolute atomic E-state index is 13.0. The molecule has 4 rings (SSSR count). The number of carbonyl (C=O) groups excluding carboxylic acids is 3. The molecule has 7 nitrogen and oxygen atoms in total. The number of halogens is 3. The quantitative estimate of drug-likeness (QED) is 0.493. The fourth-order valence-corrected chi connectivity index (χ4v) is 4.95. The Kier molecular flexibility index (Phi) is 8.35. The minimum absolute atomic E-state index is 0.1000. The molecule has 0 spiro atoms. The molecule has 0 bridgehead atoms. The summed E-state index contributed by atoms with van der Waals surface area (Å²) in [6.45, 7) is 4.08. The first-order valence-corrected chi connectivity index (χ1v) is 12.5. The zero-order chi connectivity index (χ0) is 26.6. The number of nitrogens with zero attached hydrogens (tertiary/aromatic N) is 3. The predicted octanol–water partition coefficient (Wildman–Crippen LogP) is 4.35. The Morgan fingerprint density at radius 3 is 2.41 bits per heavy atom. The fourth-order valence-electron chi connectivity index (χ4n) is 4.11. The van der Waals surface area contributed by atoms with Gasteiger partial charge < -0.3 is 9.64 Å². The van der Waals surface area contributed by atoms with E-state index < -0.39 is 22.9 Å². The van der Waals surface area contributed by atoms with Crippen LogP contribution in [0.1, 0.15) is 27.0 Å². The summed E-state index contributed by atoms with van der Waals surface area (Å²) in [5, 5.41) is -0.505. The van der Waals surface area contributed by atoms with E-state index in [0.717, 1.165) is 48.4 Å². The number of hydrogen-bond acceptors (Lipinski definition) is 6. The molecular weight excluding hydrogens is 507 g/mol. The van der Waals surface area contributed by atoms with E-state index in [1.807, 2.05) is 0 Å². The number of benzene rings is 2. The van der Waals surface area contributed by atoms with Crippen molar-refractivity contribution >= 4 is 34.9 Å². The summed E-state index contributed by atoms with van der Waals surface area (Å²) in [6.07, 6.45) is -2.91. The van der Waals surface area contributed by atoms with Gasteiger partial charge in [-0.15, -0.1) is 0 Å². The highest BCUT2D eigenvalue weighted by Gasteiger charge is 2.35. The molecule has 3 amide bonds. The number of piperazine rings is 1. The van der Waals surface area contributed by atoms with Crippen molar-refractivity contribution in [2.24, 2.45) is 0 Å². The highest BCUT2D eigenvalue weighted by molar-refractivity contribution is 8.18. The first-order valence-electron chi connectivity index (χ1n) is 11.7. The Bertz CT molecular complexity index is 1190. The first kappa shape index (κ1) is 26.9. The topological polar surface area (TPSA) is 70.2 Å². The molecule has 2 fully saturated rings. The van der Waals surface area contributed by atoms with Crippen LogP contribution >= 0.6 is 11.8 Å². The van der Waals surface area contributed by atoms with Crippen molar-refractivity contribution in [3.05, 3.63) is 75.7 Å². The zero-order valence-corrected chi connectivity index (χ0v) is 21.0. The third kappa shape index (κ3) is 6.60. The number of ether oxygens (including phenoxy) is 1. The van der Waals surface area contributed by atoms with Gasteiger partial charge in [0.1, 0.15) is 0 Å². The van der Waals surface area contributed by atoms with Crippen LogP contribution in [-0.4, -0.2) is 78.2 Å². The van der Waals surface area contributed by atoms with Gasteiger partial charge in [-0.25, -0.2) is 0 Å². The van der Waals surface area contributed by atoms with Crippen LogP contribution in [-0.2, 0) is 22.3 Å². The molecule has 0 unspecified atom stereocenters. The molecule has 196 valence electrons. The normalized spacial score (nSPS) is 18.2. The number of carbonyl (C=O) groups is 3. The number of imide groups is 1. The summed E-state index contributed by atoms with van der Waals surface area (Å²) >= 11 is 0.760. The Morgan fingerprint density at radius 2 is 1.76 bits per heavy atom. The number of alkyl halides is 3. The SMILES string of the molecule is COCCN1CCN(C(=O)c2cccc(/C=C3\SC(=O)N(Cc4ccc(C(F)(F)F)cc4)C3=O)c2)CC1. The Balaban J connectivity index is 1.41. The Morgan fingerprint density at radius 1 is 1.05 bits per heavy atom. The average Bonchev–Trinajstić information content (AvgIpc) is 3.14. The lowest BCUT2D eigenvalue weighted by Crippen LogP contribution is -2.49. The summed E-state index contributed by atoms with van der Waals surface area (Å²) in [6, 6.07) is 11.2. The first-order chi connectivity index (χ1) is 17.7. The molecule has 2 aromatic carbocycles. The van der Waals surface area contributed by atoms with Gasteiger partial charge in [-0.3, -0.25) is 24.2 Å². The largest absolute Gasteiger partial charge is 0.416 e. The molecule has 0 atom stereocenters. The molecule has 0 N–H and O–H groups in total. The molecule has 11 heteroatoms. The molecule has 0 aromatic heterocycles. The molecular formula is C26H26F3N3O4S. The third-order valence-electron chi connectivity index (χ3n) is 6.20. The van der Waals surface area contributed by atoms with Crippen LogP contribution in [0.15, 0.2) is 53.4 Å². The molecule has 37 heavy (non-hydrogen) atoms. The molecule has 2 saturated heterocycles. The van der Waals surface area contributed by atoms with E-state index in [1.165, 1.54) is 12.1 Å². The van der Waals surface area contributed by atoms with Gasteiger partial charge in [-0.1, -0.05) is 24.3 Å². The van der Waals surface area contributed by atoms with Gasteiger partial charge >= 0.3 is 6.18 Å². The summed E-state index contributed by atoms with van der Waals surface area (Å²) in [5.74, 6) is -0.629. The van der Waals surface area contributed by atoms with Gasteiger partial charge in [0.2, 0.25) is 0 Å². The van der Waals surface area contributed by atoms with Crippen molar-refractivity contribution in [1.29, 1.82) is 0 Å². The maximum atomic E-state index is 13.0. The van der Waals surface area contributed by atoms with E-state index in [4.69, 9.17) is 4.74 Å². The smallest absolute Gasteiger partial charge is 0.383 e. The summed E-state index contributed by atoms with van der Waals surface area (Å²) in [7, 11) is 1.66. The Labute approximate surface area is 216 Å². The maximum Gasteiger partial charge on any atom is 0.416 e. The molecule has 2 aliphatic rings. The van der Waals surface area contributed by atoms with Crippen molar-refractivity contribution in [1.82, 2.24) is 14.7 Å². The second-order valence-electron chi connectivity index (χ2n) is 8.71.